The first kappa shape index (κ1) is 20.7. The number of carbonyl (C=O) groups is 2. The second kappa shape index (κ2) is 8.83. The van der Waals surface area contributed by atoms with E-state index in [4.69, 9.17) is 22.1 Å². The quantitative estimate of drug-likeness (QED) is 0.333. The molecule has 2 aromatic carbocycles. The van der Waals surface area contributed by atoms with Crippen LogP contribution in [0.2, 0.25) is 5.02 Å². The van der Waals surface area contributed by atoms with Crippen LogP contribution in [0, 0.1) is 5.82 Å². The number of carbonyl (C=O) groups excluding carboxylic acids is 2. The Balaban J connectivity index is 2.39. The number of hydrogen-bond donors (Lipinski definition) is 2. The molecule has 0 amide bonds. The largest absolute Gasteiger partial charge is 0.465 e. The van der Waals surface area contributed by atoms with E-state index in [-0.39, 0.29) is 35.0 Å². The maximum absolute atomic E-state index is 13.5. The number of nitrogens with one attached hydrogen (secondary N) is 1. The summed E-state index contributed by atoms with van der Waals surface area (Å²) in [5.74, 6) is -1.52. The van der Waals surface area contributed by atoms with Gasteiger partial charge in [-0.3, -0.25) is 9.59 Å². The Bertz CT molecular complexity index is 878. The first-order chi connectivity index (χ1) is 12.3. The number of hydrogen-bond acceptors (Lipinski definition) is 5. The first-order valence-corrected chi connectivity index (χ1v) is 9.39. The van der Waals surface area contributed by atoms with Crippen LogP contribution in [0.4, 0.5) is 15.8 Å². The van der Waals surface area contributed by atoms with Crippen molar-refractivity contribution in [1.82, 2.24) is 0 Å². The number of nitrogens with two attached hydrogens (primary N) is 1. The highest BCUT2D eigenvalue weighted by molar-refractivity contribution is 9.11. The van der Waals surface area contributed by atoms with Gasteiger partial charge in [-0.1, -0.05) is 11.6 Å². The molecule has 0 saturated carbocycles. The number of esters is 1. The average molecular weight is 509 g/mol. The lowest BCUT2D eigenvalue weighted by Crippen LogP contribution is -2.18. The molecule has 0 aromatic heterocycles. The normalized spacial score (nSPS) is 10.5. The van der Waals surface area contributed by atoms with Crippen LogP contribution in [0.1, 0.15) is 22.8 Å². The van der Waals surface area contributed by atoms with E-state index in [2.05, 4.69) is 37.2 Å². The van der Waals surface area contributed by atoms with Gasteiger partial charge in [0.05, 0.1) is 33.0 Å². The zero-order valence-corrected chi connectivity index (χ0v) is 17.5. The number of ether oxygens (including phenoxy) is 1. The Hall–Kier alpha value is -1.64. The minimum Gasteiger partial charge on any atom is -0.465 e. The zero-order chi connectivity index (χ0) is 19.4. The molecule has 0 spiro atoms. The van der Waals surface area contributed by atoms with E-state index in [0.29, 0.717) is 14.6 Å². The molecule has 0 heterocycles. The van der Waals surface area contributed by atoms with Crippen LogP contribution in [-0.2, 0) is 9.53 Å². The van der Waals surface area contributed by atoms with E-state index in [0.717, 1.165) is 6.07 Å². The molecule has 0 bridgehead atoms. The Kier molecular flexibility index (Phi) is 7.02. The summed E-state index contributed by atoms with van der Waals surface area (Å²) in [4.78, 5) is 24.3. The molecule has 0 atom stereocenters. The number of anilines is 2. The van der Waals surface area contributed by atoms with Crippen molar-refractivity contribution in [2.45, 2.75) is 6.92 Å². The zero-order valence-electron chi connectivity index (χ0n) is 13.5. The molecule has 138 valence electrons. The summed E-state index contributed by atoms with van der Waals surface area (Å²) in [5, 5.41) is 2.97. The SMILES string of the molecule is CCOC(=O)CNc1cc(Br)c(C(=O)c2cc(F)ccc2Cl)c(Br)c1N. The average Bonchev–Trinajstić information content (AvgIpc) is 2.59. The maximum Gasteiger partial charge on any atom is 0.325 e. The lowest BCUT2D eigenvalue weighted by molar-refractivity contribution is -0.140. The lowest BCUT2D eigenvalue weighted by atomic mass is 10.0. The van der Waals surface area contributed by atoms with Crippen molar-refractivity contribution in [3.63, 3.8) is 0 Å². The number of rotatable bonds is 6. The van der Waals surface area contributed by atoms with E-state index >= 15 is 0 Å². The number of halogens is 4. The van der Waals surface area contributed by atoms with E-state index in [1.807, 2.05) is 0 Å². The fourth-order valence-corrected chi connectivity index (χ4v) is 3.86. The molecule has 0 unspecified atom stereocenters. The van der Waals surface area contributed by atoms with Crippen LogP contribution in [0.3, 0.4) is 0 Å². The van der Waals surface area contributed by atoms with Crippen molar-refractivity contribution >= 4 is 66.6 Å². The monoisotopic (exact) mass is 506 g/mol. The van der Waals surface area contributed by atoms with Crippen molar-refractivity contribution in [3.8, 4) is 0 Å². The van der Waals surface area contributed by atoms with Gasteiger partial charge in [0, 0.05) is 10.0 Å². The summed E-state index contributed by atoms with van der Waals surface area (Å²) in [6, 6.07) is 5.09. The van der Waals surface area contributed by atoms with Gasteiger partial charge in [-0.15, -0.1) is 0 Å². The molecule has 0 saturated heterocycles. The number of nitrogen functional groups attached to an aromatic ring is 1. The summed E-state index contributed by atoms with van der Waals surface area (Å²) in [6.07, 6.45) is 0. The highest BCUT2D eigenvalue weighted by atomic mass is 79.9. The van der Waals surface area contributed by atoms with Gasteiger partial charge in [-0.25, -0.2) is 4.39 Å². The van der Waals surface area contributed by atoms with Crippen molar-refractivity contribution in [3.05, 3.63) is 55.2 Å². The van der Waals surface area contributed by atoms with Crippen LogP contribution >= 0.6 is 43.5 Å². The molecule has 5 nitrogen and oxygen atoms in total. The van der Waals surface area contributed by atoms with Crippen molar-refractivity contribution in [2.75, 3.05) is 24.2 Å². The molecule has 2 aromatic rings. The van der Waals surface area contributed by atoms with Crippen LogP contribution in [0.5, 0.6) is 0 Å². The first-order valence-electron chi connectivity index (χ1n) is 7.43. The minimum atomic E-state index is -0.578. The Morgan fingerprint density at radius 2 is 2.00 bits per heavy atom. The third-order valence-electron chi connectivity index (χ3n) is 3.38. The smallest absolute Gasteiger partial charge is 0.325 e. The highest BCUT2D eigenvalue weighted by Gasteiger charge is 2.23. The molecular weight excluding hydrogens is 494 g/mol. The van der Waals surface area contributed by atoms with Crippen LogP contribution < -0.4 is 11.1 Å². The van der Waals surface area contributed by atoms with E-state index in [9.17, 15) is 14.0 Å². The van der Waals surface area contributed by atoms with Gasteiger partial charge in [0.2, 0.25) is 0 Å². The molecular formula is C17H14Br2ClFN2O3. The van der Waals surface area contributed by atoms with Gasteiger partial charge >= 0.3 is 5.97 Å². The fraction of sp³-hybridized carbons (Fsp3) is 0.176. The van der Waals surface area contributed by atoms with Gasteiger partial charge < -0.3 is 15.8 Å². The van der Waals surface area contributed by atoms with Crippen LogP contribution in [0.15, 0.2) is 33.2 Å². The second-order valence-corrected chi connectivity index (χ2v) is 7.18. The number of ketones is 1. The summed E-state index contributed by atoms with van der Waals surface area (Å²) < 4.78 is 19.0. The van der Waals surface area contributed by atoms with Gasteiger partial charge in [0.15, 0.2) is 5.78 Å². The molecule has 0 aliphatic carbocycles. The maximum atomic E-state index is 13.5. The fourth-order valence-electron chi connectivity index (χ4n) is 2.17. The molecule has 9 heteroatoms. The van der Waals surface area contributed by atoms with Gasteiger partial charge in [0.1, 0.15) is 12.4 Å². The standard InChI is InChI=1S/C17H14Br2ClFN2O3/c1-2-26-13(24)7-23-12-6-10(18)14(15(19)16(12)22)17(25)9-5-8(21)3-4-11(9)20/h3-6,23H,2,7,22H2,1H3. The summed E-state index contributed by atoms with van der Waals surface area (Å²) >= 11 is 12.6. The Labute approximate surface area is 171 Å². The molecule has 2 rings (SSSR count). The highest BCUT2D eigenvalue weighted by Crippen LogP contribution is 2.38. The van der Waals surface area contributed by atoms with E-state index in [1.54, 1.807) is 13.0 Å². The van der Waals surface area contributed by atoms with Gasteiger partial charge in [0.25, 0.3) is 0 Å². The predicted molar refractivity (Wildman–Crippen MR) is 106 cm³/mol. The molecule has 26 heavy (non-hydrogen) atoms. The molecule has 0 fully saturated rings. The van der Waals surface area contributed by atoms with Crippen molar-refractivity contribution < 1.29 is 18.7 Å². The van der Waals surface area contributed by atoms with E-state index in [1.165, 1.54) is 12.1 Å². The van der Waals surface area contributed by atoms with Crippen LogP contribution in [0.25, 0.3) is 0 Å². The lowest BCUT2D eigenvalue weighted by Gasteiger charge is -2.15. The van der Waals surface area contributed by atoms with E-state index < -0.39 is 17.6 Å². The van der Waals surface area contributed by atoms with Crippen LogP contribution in [-0.4, -0.2) is 24.9 Å². The molecule has 3 N–H and O–H groups in total. The third kappa shape index (κ3) is 4.55. The van der Waals surface area contributed by atoms with Gasteiger partial charge in [-0.05, 0) is 63.0 Å². The summed E-state index contributed by atoms with van der Waals surface area (Å²) in [5.41, 5.74) is 6.91. The Morgan fingerprint density at radius 1 is 1.31 bits per heavy atom. The minimum absolute atomic E-state index is 0.0136. The summed E-state index contributed by atoms with van der Waals surface area (Å²) in [7, 11) is 0. The van der Waals surface area contributed by atoms with Crippen molar-refractivity contribution in [2.24, 2.45) is 0 Å². The molecule has 0 aliphatic rings. The molecule has 0 aliphatic heterocycles. The predicted octanol–water partition coefficient (Wildman–Crippen LogP) is 4.79. The van der Waals surface area contributed by atoms with Crippen molar-refractivity contribution in [1.29, 1.82) is 0 Å². The molecule has 0 radical (unpaired) electrons. The Morgan fingerprint density at radius 3 is 2.65 bits per heavy atom. The topological polar surface area (TPSA) is 81.4 Å². The number of benzene rings is 2. The van der Waals surface area contributed by atoms with Gasteiger partial charge in [-0.2, -0.15) is 0 Å². The summed E-state index contributed by atoms with van der Waals surface area (Å²) in [6.45, 7) is 1.89. The second-order valence-electron chi connectivity index (χ2n) is 5.12. The third-order valence-corrected chi connectivity index (χ3v) is 5.16.